The summed E-state index contributed by atoms with van der Waals surface area (Å²) in [6.07, 6.45) is 9.51. The molecule has 2 N–H and O–H groups in total. The van der Waals surface area contributed by atoms with Crippen molar-refractivity contribution in [2.75, 3.05) is 0 Å². The van der Waals surface area contributed by atoms with Crippen molar-refractivity contribution < 1.29 is 0 Å². The molecule has 0 aromatic rings. The number of nitrogens with zero attached hydrogens (tertiary/aromatic N) is 1. The highest BCUT2D eigenvalue weighted by molar-refractivity contribution is 4.64. The van der Waals surface area contributed by atoms with E-state index in [0.717, 1.165) is 0 Å². The molecule has 0 atom stereocenters. The first-order valence-electron chi connectivity index (χ1n) is 4.41. The van der Waals surface area contributed by atoms with E-state index in [1.165, 1.54) is 44.9 Å². The van der Waals surface area contributed by atoms with Crippen LogP contribution in [0, 0.1) is 11.8 Å². The lowest BCUT2D eigenvalue weighted by molar-refractivity contribution is 0.453. The smallest absolute Gasteiger partial charge is 0.0462 e. The van der Waals surface area contributed by atoms with E-state index in [1.54, 1.807) is 0 Å². The number of hydrogen-bond donors (Lipinski definition) is 1. The van der Waals surface area contributed by atoms with Crippen molar-refractivity contribution >= 4 is 0 Å². The fourth-order valence-electron chi connectivity index (χ4n) is 1.49. The summed E-state index contributed by atoms with van der Waals surface area (Å²) in [5.41, 5.74) is 5.80. The summed E-state index contributed by atoms with van der Waals surface area (Å²) in [5, 5.41) is 6.50. The zero-order valence-corrected chi connectivity index (χ0v) is 7.13. The van der Waals surface area contributed by atoms with Crippen LogP contribution in [0.1, 0.15) is 44.9 Å². The Morgan fingerprint density at radius 2 is 1.27 bits per heavy atom. The monoisotopic (exact) mass is 154 g/mol. The van der Waals surface area contributed by atoms with Crippen LogP contribution in [0.15, 0.2) is 0 Å². The van der Waals surface area contributed by atoms with Crippen molar-refractivity contribution in [3.05, 3.63) is 0 Å². The molecule has 1 rings (SSSR count). The predicted molar refractivity (Wildman–Crippen MR) is 47.0 cm³/mol. The first-order chi connectivity index (χ1) is 5.39. The van der Waals surface area contributed by atoms with Crippen LogP contribution in [0.2, 0.25) is 0 Å². The van der Waals surface area contributed by atoms with Crippen LogP contribution in [-0.4, -0.2) is 6.04 Å². The number of hydrogen-bond acceptors (Lipinski definition) is 2. The van der Waals surface area contributed by atoms with Gasteiger partial charge in [0.2, 0.25) is 0 Å². The average molecular weight is 154 g/mol. The minimum atomic E-state index is 0.519. The topological polar surface area (TPSA) is 49.8 Å². The molecule has 11 heavy (non-hydrogen) atoms. The number of nitrogens with two attached hydrogens (primary N) is 1. The second-order valence-electron chi connectivity index (χ2n) is 3.11. The Morgan fingerprint density at radius 3 is 1.73 bits per heavy atom. The van der Waals surface area contributed by atoms with Gasteiger partial charge < -0.3 is 5.73 Å². The van der Waals surface area contributed by atoms with E-state index in [4.69, 9.17) is 11.0 Å². The third kappa shape index (κ3) is 5.87. The van der Waals surface area contributed by atoms with Gasteiger partial charge in [-0.1, -0.05) is 32.1 Å². The summed E-state index contributed by atoms with van der Waals surface area (Å²) in [5.74, 6) is 0. The van der Waals surface area contributed by atoms with Crippen LogP contribution in [0.25, 0.3) is 0 Å². The van der Waals surface area contributed by atoms with Crippen molar-refractivity contribution in [1.29, 1.82) is 5.26 Å². The summed E-state index contributed by atoms with van der Waals surface area (Å²) in [4.78, 5) is 0. The molecule has 1 fully saturated rings. The Balaban J connectivity index is 0.000000461. The first-order valence-corrected chi connectivity index (χ1v) is 4.41. The molecule has 0 heterocycles. The van der Waals surface area contributed by atoms with Gasteiger partial charge in [-0.15, -0.1) is 0 Å². The third-order valence-electron chi connectivity index (χ3n) is 2.15. The molecule has 0 amide bonds. The minimum Gasteiger partial charge on any atom is -0.328 e. The van der Waals surface area contributed by atoms with E-state index >= 15 is 0 Å². The summed E-state index contributed by atoms with van der Waals surface area (Å²) >= 11 is 0. The molecule has 0 bridgehead atoms. The second-order valence-corrected chi connectivity index (χ2v) is 3.11. The highest BCUT2D eigenvalue weighted by atomic mass is 14.6. The van der Waals surface area contributed by atoms with Crippen LogP contribution >= 0.6 is 0 Å². The minimum absolute atomic E-state index is 0.519. The molecule has 1 aliphatic carbocycles. The van der Waals surface area contributed by atoms with Crippen LogP contribution < -0.4 is 5.73 Å². The largest absolute Gasteiger partial charge is 0.328 e. The van der Waals surface area contributed by atoms with E-state index in [9.17, 15) is 0 Å². The van der Waals surface area contributed by atoms with Crippen molar-refractivity contribution in [2.45, 2.75) is 51.0 Å². The maximum absolute atomic E-state index is 6.50. The molecule has 0 aromatic carbocycles. The molecule has 64 valence electrons. The SMILES string of the molecule is C#N.NC1CCCCCCC1. The standard InChI is InChI=1S/C8H17N.CHN/c9-8-6-4-2-1-3-5-7-8;1-2/h8H,1-7,9H2;1H. The van der Waals surface area contributed by atoms with Gasteiger partial charge >= 0.3 is 0 Å². The Bertz CT molecular complexity index is 91.0. The summed E-state index contributed by atoms with van der Waals surface area (Å²) in [6.45, 7) is 3.50. The molecule has 2 heteroatoms. The summed E-state index contributed by atoms with van der Waals surface area (Å²) < 4.78 is 0. The van der Waals surface area contributed by atoms with Crippen molar-refractivity contribution in [3.63, 3.8) is 0 Å². The predicted octanol–water partition coefficient (Wildman–Crippen LogP) is 2.20. The Kier molecular flexibility index (Phi) is 7.18. The maximum atomic E-state index is 6.50. The fraction of sp³-hybridized carbons (Fsp3) is 0.889. The summed E-state index contributed by atoms with van der Waals surface area (Å²) in [7, 11) is 0. The molecular weight excluding hydrogens is 136 g/mol. The quantitative estimate of drug-likeness (QED) is 0.581. The lowest BCUT2D eigenvalue weighted by Crippen LogP contribution is -2.20. The van der Waals surface area contributed by atoms with E-state index in [0.29, 0.717) is 6.04 Å². The van der Waals surface area contributed by atoms with Gasteiger partial charge in [0.25, 0.3) is 0 Å². The Labute approximate surface area is 69.4 Å². The zero-order chi connectivity index (χ0) is 8.53. The van der Waals surface area contributed by atoms with E-state index in [2.05, 4.69) is 6.57 Å². The van der Waals surface area contributed by atoms with Gasteiger partial charge in [0.05, 0.1) is 0 Å². The van der Waals surface area contributed by atoms with Crippen molar-refractivity contribution in [3.8, 4) is 6.57 Å². The molecule has 0 spiro atoms. The molecule has 0 aromatic heterocycles. The second kappa shape index (κ2) is 7.56. The fourth-order valence-corrected chi connectivity index (χ4v) is 1.49. The third-order valence-corrected chi connectivity index (χ3v) is 2.15. The number of nitriles is 1. The van der Waals surface area contributed by atoms with E-state index < -0.39 is 0 Å². The average Bonchev–Trinajstić information content (AvgIpc) is 2.01. The molecular formula is C9H18N2. The van der Waals surface area contributed by atoms with Crippen molar-refractivity contribution in [2.24, 2.45) is 5.73 Å². The normalized spacial score (nSPS) is 20.6. The molecule has 0 unspecified atom stereocenters. The Morgan fingerprint density at radius 1 is 0.909 bits per heavy atom. The molecule has 2 nitrogen and oxygen atoms in total. The van der Waals surface area contributed by atoms with Crippen LogP contribution in [0.5, 0.6) is 0 Å². The van der Waals surface area contributed by atoms with Gasteiger partial charge in [-0.3, -0.25) is 0 Å². The zero-order valence-electron chi connectivity index (χ0n) is 7.13. The van der Waals surface area contributed by atoms with Gasteiger partial charge in [0, 0.05) is 12.6 Å². The molecule has 0 aliphatic heterocycles. The maximum Gasteiger partial charge on any atom is 0.0462 e. The first kappa shape index (κ1) is 10.4. The van der Waals surface area contributed by atoms with E-state index in [1.807, 2.05) is 0 Å². The van der Waals surface area contributed by atoms with Crippen LogP contribution in [-0.2, 0) is 0 Å². The highest BCUT2D eigenvalue weighted by Crippen LogP contribution is 2.15. The Hall–Kier alpha value is -0.550. The molecule has 0 saturated heterocycles. The molecule has 1 saturated carbocycles. The van der Waals surface area contributed by atoms with Gasteiger partial charge in [-0.25, -0.2) is 5.26 Å². The van der Waals surface area contributed by atoms with Crippen LogP contribution in [0.3, 0.4) is 0 Å². The lowest BCUT2D eigenvalue weighted by atomic mass is 9.98. The van der Waals surface area contributed by atoms with Gasteiger partial charge in [-0.2, -0.15) is 0 Å². The molecule has 1 aliphatic rings. The van der Waals surface area contributed by atoms with Crippen LogP contribution in [0.4, 0.5) is 0 Å². The highest BCUT2D eigenvalue weighted by Gasteiger charge is 2.04. The van der Waals surface area contributed by atoms with Gasteiger partial charge in [0.15, 0.2) is 0 Å². The number of rotatable bonds is 0. The lowest BCUT2D eigenvalue weighted by Gasteiger charge is -2.13. The summed E-state index contributed by atoms with van der Waals surface area (Å²) in [6, 6.07) is 0.519. The van der Waals surface area contributed by atoms with Crippen molar-refractivity contribution in [1.82, 2.24) is 0 Å². The van der Waals surface area contributed by atoms with E-state index in [-0.39, 0.29) is 0 Å². The van der Waals surface area contributed by atoms with Gasteiger partial charge in [0.1, 0.15) is 0 Å². The molecule has 0 radical (unpaired) electrons. The van der Waals surface area contributed by atoms with Gasteiger partial charge in [-0.05, 0) is 12.8 Å².